The lowest BCUT2D eigenvalue weighted by Crippen LogP contribution is -2.43. The molecule has 1 aromatic carbocycles. The van der Waals surface area contributed by atoms with Gasteiger partial charge in [0, 0.05) is 32.1 Å². The van der Waals surface area contributed by atoms with E-state index in [9.17, 15) is 9.18 Å². The number of carbonyl (C=O) groups is 1. The summed E-state index contributed by atoms with van der Waals surface area (Å²) >= 11 is 0. The quantitative estimate of drug-likeness (QED) is 0.561. The number of halogens is 1. The number of carbonyl (C=O) groups excluding carboxylic acids is 1. The lowest BCUT2D eigenvalue weighted by Gasteiger charge is -2.26. The Balaban J connectivity index is 1.98. The maximum absolute atomic E-state index is 13.0. The Kier molecular flexibility index (Phi) is 6.70. The van der Waals surface area contributed by atoms with Crippen molar-refractivity contribution < 1.29 is 13.9 Å². The largest absolute Gasteiger partial charge is 0.465 e. The number of benzene rings is 1. The first-order chi connectivity index (χ1) is 11.1. The predicted molar refractivity (Wildman–Crippen MR) is 86.9 cm³/mol. The van der Waals surface area contributed by atoms with Crippen LogP contribution in [0.1, 0.15) is 12.5 Å². The highest BCUT2D eigenvalue weighted by Crippen LogP contribution is 2.14. The van der Waals surface area contributed by atoms with Gasteiger partial charge in [0.2, 0.25) is 0 Å². The minimum atomic E-state index is -0.351. The molecule has 1 aliphatic rings. The lowest BCUT2D eigenvalue weighted by molar-refractivity contribution is -0.146. The molecule has 2 atom stereocenters. The molecule has 2 unspecified atom stereocenters. The zero-order valence-corrected chi connectivity index (χ0v) is 13.4. The smallest absolute Gasteiger partial charge is 0.324 e. The van der Waals surface area contributed by atoms with Crippen molar-refractivity contribution in [3.8, 4) is 0 Å². The van der Waals surface area contributed by atoms with Crippen LogP contribution < -0.4 is 10.9 Å². The molecule has 23 heavy (non-hydrogen) atoms. The Morgan fingerprint density at radius 1 is 1.48 bits per heavy atom. The Morgan fingerprint density at radius 3 is 2.87 bits per heavy atom. The minimum absolute atomic E-state index is 0.106. The van der Waals surface area contributed by atoms with Gasteiger partial charge in [0.25, 0.3) is 0 Å². The van der Waals surface area contributed by atoms with Crippen molar-refractivity contribution in [3.63, 3.8) is 0 Å². The molecule has 126 valence electrons. The van der Waals surface area contributed by atoms with E-state index in [0.717, 1.165) is 5.56 Å². The molecule has 0 aromatic heterocycles. The number of hydrazine groups is 1. The molecule has 6 heteroatoms. The predicted octanol–water partition coefficient (Wildman–Crippen LogP) is 1.47. The molecular weight excluding hydrogens is 297 g/mol. The Bertz CT molecular complexity index is 521. The van der Waals surface area contributed by atoms with Gasteiger partial charge in [0.1, 0.15) is 11.9 Å². The summed E-state index contributed by atoms with van der Waals surface area (Å²) in [6.45, 7) is 8.75. The third-order valence-corrected chi connectivity index (χ3v) is 3.83. The molecule has 5 nitrogen and oxygen atoms in total. The molecular formula is C17H24FN3O2. The molecule has 2 N–H and O–H groups in total. The fourth-order valence-electron chi connectivity index (χ4n) is 2.75. The van der Waals surface area contributed by atoms with Gasteiger partial charge in [0.15, 0.2) is 0 Å². The van der Waals surface area contributed by atoms with Gasteiger partial charge in [0.05, 0.1) is 6.61 Å². The van der Waals surface area contributed by atoms with Crippen LogP contribution in [0.25, 0.3) is 0 Å². The van der Waals surface area contributed by atoms with Gasteiger partial charge in [-0.05, 0) is 24.6 Å². The summed E-state index contributed by atoms with van der Waals surface area (Å²) in [5, 5.41) is 0. The van der Waals surface area contributed by atoms with Gasteiger partial charge in [-0.15, -0.1) is 6.58 Å². The van der Waals surface area contributed by atoms with Crippen molar-refractivity contribution in [2.45, 2.75) is 19.5 Å². The lowest BCUT2D eigenvalue weighted by atomic mass is 10.0. The Hall–Kier alpha value is -1.76. The molecule has 1 aromatic rings. The number of hydrogen-bond acceptors (Lipinski definition) is 5. The summed E-state index contributed by atoms with van der Waals surface area (Å²) < 4.78 is 18.1. The van der Waals surface area contributed by atoms with E-state index in [1.807, 2.05) is 6.08 Å². The molecule has 1 fully saturated rings. The van der Waals surface area contributed by atoms with Crippen molar-refractivity contribution in [2.75, 3.05) is 26.2 Å². The van der Waals surface area contributed by atoms with Crippen molar-refractivity contribution in [1.82, 2.24) is 15.8 Å². The summed E-state index contributed by atoms with van der Waals surface area (Å²) in [4.78, 5) is 14.2. The van der Waals surface area contributed by atoms with E-state index in [4.69, 9.17) is 4.74 Å². The molecule has 1 heterocycles. The summed E-state index contributed by atoms with van der Waals surface area (Å²) in [6, 6.07) is 6.12. The number of hydrogen-bond donors (Lipinski definition) is 2. The monoisotopic (exact) mass is 321 g/mol. The number of nitrogens with zero attached hydrogens (tertiary/aromatic N) is 1. The van der Waals surface area contributed by atoms with E-state index < -0.39 is 0 Å². The van der Waals surface area contributed by atoms with Crippen LogP contribution in [0.15, 0.2) is 36.9 Å². The van der Waals surface area contributed by atoms with Crippen LogP contribution in [-0.2, 0) is 16.1 Å². The van der Waals surface area contributed by atoms with Gasteiger partial charge >= 0.3 is 5.97 Å². The molecule has 2 rings (SSSR count). The summed E-state index contributed by atoms with van der Waals surface area (Å²) in [7, 11) is 0. The van der Waals surface area contributed by atoms with Crippen molar-refractivity contribution in [1.29, 1.82) is 0 Å². The van der Waals surface area contributed by atoms with Crippen LogP contribution in [0, 0.1) is 11.7 Å². The Labute approximate surface area is 136 Å². The van der Waals surface area contributed by atoms with E-state index in [1.165, 1.54) is 12.1 Å². The highest BCUT2D eigenvalue weighted by atomic mass is 19.1. The third-order valence-electron chi connectivity index (χ3n) is 3.83. The van der Waals surface area contributed by atoms with Crippen molar-refractivity contribution in [2.24, 2.45) is 5.92 Å². The summed E-state index contributed by atoms with van der Waals surface area (Å²) in [5.41, 5.74) is 7.04. The average Bonchev–Trinajstić information content (AvgIpc) is 2.98. The van der Waals surface area contributed by atoms with Crippen molar-refractivity contribution >= 4 is 5.97 Å². The van der Waals surface area contributed by atoms with Gasteiger partial charge < -0.3 is 4.74 Å². The van der Waals surface area contributed by atoms with E-state index >= 15 is 0 Å². The highest BCUT2D eigenvalue weighted by molar-refractivity contribution is 5.76. The first kappa shape index (κ1) is 17.6. The number of esters is 1. The molecule has 1 saturated heterocycles. The Morgan fingerprint density at radius 2 is 2.22 bits per heavy atom. The van der Waals surface area contributed by atoms with Crippen LogP contribution in [0.5, 0.6) is 0 Å². The molecule has 0 aliphatic carbocycles. The number of nitrogens with one attached hydrogen (secondary N) is 2. The third kappa shape index (κ3) is 5.13. The van der Waals surface area contributed by atoms with E-state index in [0.29, 0.717) is 32.8 Å². The van der Waals surface area contributed by atoms with E-state index in [-0.39, 0.29) is 23.7 Å². The van der Waals surface area contributed by atoms with Gasteiger partial charge in [-0.1, -0.05) is 18.2 Å². The zero-order valence-electron chi connectivity index (χ0n) is 13.4. The second-order valence-corrected chi connectivity index (χ2v) is 5.62. The van der Waals surface area contributed by atoms with Gasteiger partial charge in [-0.3, -0.25) is 15.1 Å². The molecule has 0 bridgehead atoms. The molecule has 1 aliphatic heterocycles. The highest BCUT2D eigenvalue weighted by Gasteiger charge is 2.34. The fourth-order valence-corrected chi connectivity index (χ4v) is 2.75. The molecule has 0 radical (unpaired) electrons. The number of rotatable bonds is 8. The number of ether oxygens (including phenoxy) is 1. The van der Waals surface area contributed by atoms with Crippen LogP contribution >= 0.6 is 0 Å². The van der Waals surface area contributed by atoms with Crippen LogP contribution in [0.4, 0.5) is 4.39 Å². The van der Waals surface area contributed by atoms with Crippen LogP contribution in [0.2, 0.25) is 0 Å². The normalized spacial score (nSPS) is 20.7. The topological polar surface area (TPSA) is 53.6 Å². The first-order valence-electron chi connectivity index (χ1n) is 7.86. The first-order valence-corrected chi connectivity index (χ1v) is 7.86. The SMILES string of the molecule is C=CCN(Cc1ccc(F)cc1)CC1CNNC1C(=O)OCC. The standard InChI is InChI=1S/C17H24FN3O2/c1-3-9-21(11-13-5-7-15(18)8-6-13)12-14-10-19-20-16(14)17(22)23-4-2/h3,5-8,14,16,19-20H,1,4,9-12H2,2H3. The van der Waals surface area contributed by atoms with Gasteiger partial charge in [-0.25, -0.2) is 9.82 Å². The molecule has 0 spiro atoms. The van der Waals surface area contributed by atoms with Crippen LogP contribution in [-0.4, -0.2) is 43.2 Å². The maximum atomic E-state index is 13.0. The second-order valence-electron chi connectivity index (χ2n) is 5.62. The maximum Gasteiger partial charge on any atom is 0.324 e. The summed E-state index contributed by atoms with van der Waals surface area (Å²) in [5.74, 6) is -0.368. The van der Waals surface area contributed by atoms with Gasteiger partial charge in [-0.2, -0.15) is 0 Å². The minimum Gasteiger partial charge on any atom is -0.465 e. The molecule has 0 amide bonds. The van der Waals surface area contributed by atoms with Crippen LogP contribution in [0.3, 0.4) is 0 Å². The molecule has 0 saturated carbocycles. The summed E-state index contributed by atoms with van der Waals surface area (Å²) in [6.07, 6.45) is 1.83. The van der Waals surface area contributed by atoms with E-state index in [2.05, 4.69) is 22.3 Å². The fraction of sp³-hybridized carbons (Fsp3) is 0.471. The van der Waals surface area contributed by atoms with Crippen molar-refractivity contribution in [3.05, 3.63) is 48.3 Å². The van der Waals surface area contributed by atoms with E-state index in [1.54, 1.807) is 19.1 Å². The average molecular weight is 321 g/mol. The zero-order chi connectivity index (χ0) is 16.7. The second kappa shape index (κ2) is 8.76.